The molecule has 15 heteroatoms. The van der Waals surface area contributed by atoms with Gasteiger partial charge in [-0.3, -0.25) is 4.79 Å². The average molecular weight is 632 g/mol. The van der Waals surface area contributed by atoms with Crippen molar-refractivity contribution in [1.82, 2.24) is 5.32 Å². The van der Waals surface area contributed by atoms with Crippen molar-refractivity contribution >= 4 is 24.4 Å². The quantitative estimate of drug-likeness (QED) is 0.0982. The number of hydrogen-bond donors (Lipinski definition) is 6. The van der Waals surface area contributed by atoms with E-state index in [1.165, 1.54) is 0 Å². The van der Waals surface area contributed by atoms with E-state index in [0.29, 0.717) is 45.3 Å². The van der Waals surface area contributed by atoms with Crippen LogP contribution in [0.4, 0.5) is 0 Å². The van der Waals surface area contributed by atoms with Crippen molar-refractivity contribution in [3.63, 3.8) is 0 Å². The molecule has 2 saturated heterocycles. The molecule has 0 aliphatic carbocycles. The van der Waals surface area contributed by atoms with Crippen LogP contribution in [0.3, 0.4) is 0 Å². The van der Waals surface area contributed by atoms with Crippen molar-refractivity contribution in [2.45, 2.75) is 134 Å². The van der Waals surface area contributed by atoms with Crippen LogP contribution in [0.2, 0.25) is 0 Å². The first-order valence-electron chi connectivity index (χ1n) is 14.3. The van der Waals surface area contributed by atoms with Gasteiger partial charge in [0.05, 0.1) is 37.1 Å². The number of hydrogen-bond acceptors (Lipinski definition) is 12. The Hall–Kier alpha value is -0.320. The highest BCUT2D eigenvalue weighted by Crippen LogP contribution is 2.50. The molecule has 3 unspecified atom stereocenters. The summed E-state index contributed by atoms with van der Waals surface area (Å²) in [6, 6.07) is 0. The van der Waals surface area contributed by atoms with Gasteiger partial charge in [-0.05, 0) is 72.1 Å². The lowest BCUT2D eigenvalue weighted by molar-refractivity contribution is -0.301. The molecule has 0 saturated carbocycles. The Morgan fingerprint density at radius 1 is 1.07 bits per heavy atom. The molecule has 41 heavy (non-hydrogen) atoms. The maximum Gasteiger partial charge on any atom is 0.325 e. The number of rotatable bonds is 17. The molecule has 2 aliphatic rings. The van der Waals surface area contributed by atoms with Gasteiger partial charge in [-0.2, -0.15) is 0 Å². The minimum Gasteiger partial charge on any atom is -0.394 e. The van der Waals surface area contributed by atoms with Crippen LogP contribution in [0.1, 0.15) is 73.1 Å². The maximum absolute atomic E-state index is 12.2. The van der Waals surface area contributed by atoms with Gasteiger partial charge < -0.3 is 58.6 Å². The minimum atomic E-state index is -3.48. The van der Waals surface area contributed by atoms with Crippen molar-refractivity contribution in [3.8, 4) is 0 Å². The Kier molecular flexibility index (Phi) is 15.5. The van der Waals surface area contributed by atoms with Crippen LogP contribution < -0.4 is 5.32 Å². The number of amides is 1. The van der Waals surface area contributed by atoms with Gasteiger partial charge in [0.1, 0.15) is 30.5 Å². The lowest BCUT2D eigenvalue weighted by Crippen LogP contribution is -2.59. The molecule has 6 N–H and O–H groups in total. The minimum absolute atomic E-state index is 0.0100. The number of carbonyl (C=O) groups excluding carboxylic acids is 1. The fourth-order valence-electron chi connectivity index (χ4n) is 4.51. The molecule has 9 atom stereocenters. The lowest BCUT2D eigenvalue weighted by Gasteiger charge is -2.39. The zero-order valence-corrected chi connectivity index (χ0v) is 26.4. The topological polar surface area (TPSA) is 186 Å². The SMILES string of the molecule is CC(C)OC[C@H]1OC(CCCNC(=O)CCCCO[C@H]2O[C@H](CO)[C@@H](O)[C@H](O)[C@@H]2O)CC1OP(O)(=S)OC(C)(C)C. The summed E-state index contributed by atoms with van der Waals surface area (Å²) in [5.74, 6) is -0.102. The van der Waals surface area contributed by atoms with E-state index >= 15 is 0 Å². The maximum atomic E-state index is 12.2. The highest BCUT2D eigenvalue weighted by atomic mass is 32.5. The summed E-state index contributed by atoms with van der Waals surface area (Å²) < 4.78 is 34.0. The number of ether oxygens (including phenoxy) is 4. The second-order valence-electron chi connectivity index (χ2n) is 11.7. The zero-order chi connectivity index (χ0) is 30.8. The first-order valence-corrected chi connectivity index (χ1v) is 16.9. The van der Waals surface area contributed by atoms with Crippen LogP contribution in [0, 0.1) is 0 Å². The van der Waals surface area contributed by atoms with Crippen LogP contribution in [0.25, 0.3) is 0 Å². The predicted molar refractivity (Wildman–Crippen MR) is 152 cm³/mol. The van der Waals surface area contributed by atoms with Crippen LogP contribution in [0.15, 0.2) is 0 Å². The molecule has 0 bridgehead atoms. The molecule has 1 amide bonds. The summed E-state index contributed by atoms with van der Waals surface area (Å²) in [6.45, 7) is 6.21. The summed E-state index contributed by atoms with van der Waals surface area (Å²) in [6.07, 6.45) is -4.31. The van der Waals surface area contributed by atoms with Crippen LogP contribution >= 0.6 is 6.72 Å². The highest BCUT2D eigenvalue weighted by molar-refractivity contribution is 8.07. The van der Waals surface area contributed by atoms with Gasteiger partial charge in [0, 0.05) is 26.0 Å². The fraction of sp³-hybridized carbons (Fsp3) is 0.962. The van der Waals surface area contributed by atoms with Crippen molar-refractivity contribution in [2.24, 2.45) is 0 Å². The van der Waals surface area contributed by atoms with Crippen molar-refractivity contribution < 1.29 is 58.1 Å². The van der Waals surface area contributed by atoms with E-state index in [0.717, 1.165) is 0 Å². The number of aliphatic hydroxyl groups excluding tert-OH is 4. The van der Waals surface area contributed by atoms with Gasteiger partial charge in [0.2, 0.25) is 5.91 Å². The van der Waals surface area contributed by atoms with Gasteiger partial charge in [0.25, 0.3) is 0 Å². The third-order valence-electron chi connectivity index (χ3n) is 6.48. The van der Waals surface area contributed by atoms with Gasteiger partial charge in [-0.15, -0.1) is 0 Å². The van der Waals surface area contributed by atoms with Gasteiger partial charge >= 0.3 is 6.72 Å². The third-order valence-corrected chi connectivity index (χ3v) is 8.28. The normalized spacial score (nSPS) is 32.3. The van der Waals surface area contributed by atoms with Crippen molar-refractivity contribution in [3.05, 3.63) is 0 Å². The number of unbranched alkanes of at least 4 members (excludes halogenated alkanes) is 1. The highest BCUT2D eigenvalue weighted by Gasteiger charge is 2.44. The van der Waals surface area contributed by atoms with E-state index in [1.54, 1.807) is 20.8 Å². The molecular formula is C26H50NO12PS. The fourth-order valence-corrected chi connectivity index (χ4v) is 6.81. The Labute approximate surface area is 248 Å². The van der Waals surface area contributed by atoms with Crippen LogP contribution in [-0.2, 0) is 44.6 Å². The largest absolute Gasteiger partial charge is 0.394 e. The molecule has 0 spiro atoms. The zero-order valence-electron chi connectivity index (χ0n) is 24.7. The summed E-state index contributed by atoms with van der Waals surface area (Å²) in [4.78, 5) is 22.8. The number of aliphatic hydroxyl groups is 4. The molecule has 0 radical (unpaired) electrons. The Bertz CT molecular complexity index is 829. The van der Waals surface area contributed by atoms with Crippen molar-refractivity contribution in [1.29, 1.82) is 0 Å². The summed E-state index contributed by atoms with van der Waals surface area (Å²) in [5.41, 5.74) is -0.650. The molecule has 13 nitrogen and oxygen atoms in total. The Morgan fingerprint density at radius 2 is 1.78 bits per heavy atom. The molecular weight excluding hydrogens is 581 g/mol. The third kappa shape index (κ3) is 13.5. The van der Waals surface area contributed by atoms with E-state index in [-0.39, 0.29) is 37.2 Å². The van der Waals surface area contributed by atoms with Gasteiger partial charge in [-0.1, -0.05) is 0 Å². The number of carbonyl (C=O) groups is 1. The first-order chi connectivity index (χ1) is 19.1. The number of nitrogens with one attached hydrogen (secondary N) is 1. The van der Waals surface area contributed by atoms with Crippen molar-refractivity contribution in [2.75, 3.05) is 26.4 Å². The second-order valence-corrected chi connectivity index (χ2v) is 14.5. The van der Waals surface area contributed by atoms with Crippen LogP contribution in [0.5, 0.6) is 0 Å². The molecule has 0 aromatic rings. The summed E-state index contributed by atoms with van der Waals surface area (Å²) >= 11 is 5.22. The van der Waals surface area contributed by atoms with E-state index in [4.69, 9.17) is 39.8 Å². The predicted octanol–water partition coefficient (Wildman–Crippen LogP) is 0.869. The molecule has 0 aromatic heterocycles. The lowest BCUT2D eigenvalue weighted by atomic mass is 9.99. The Morgan fingerprint density at radius 3 is 2.41 bits per heavy atom. The molecule has 2 rings (SSSR count). The van der Waals surface area contributed by atoms with Crippen LogP contribution in [-0.4, -0.2) is 118 Å². The summed E-state index contributed by atoms with van der Waals surface area (Å²) in [5, 5.41) is 41.7. The molecule has 0 aromatic carbocycles. The smallest absolute Gasteiger partial charge is 0.325 e. The Balaban J connectivity index is 1.66. The molecule has 2 fully saturated rings. The second kappa shape index (κ2) is 17.2. The molecule has 2 aliphatic heterocycles. The monoisotopic (exact) mass is 631 g/mol. The first kappa shape index (κ1) is 36.9. The van der Waals surface area contributed by atoms with E-state index < -0.39 is 55.7 Å². The molecule has 242 valence electrons. The van der Waals surface area contributed by atoms with Gasteiger partial charge in [0.15, 0.2) is 6.29 Å². The van der Waals surface area contributed by atoms with Gasteiger partial charge in [-0.25, -0.2) is 0 Å². The molecule has 2 heterocycles. The van der Waals surface area contributed by atoms with E-state index in [1.807, 2.05) is 13.8 Å². The van der Waals surface area contributed by atoms with E-state index in [2.05, 4.69) is 5.32 Å². The standard InChI is InChI=1S/C26H50NO12PS/c1-16(2)35-15-20-18(38-40(33,41)39-26(3,4)5)13-17(36-20)9-8-11-27-21(29)10-6-7-12-34-25-24(32)23(31)22(30)19(14-28)37-25/h16-20,22-25,28,30-32H,6-15H2,1-5H3,(H,27,29)(H,33,41)/t17?,18?,19-,20-,22-,23+,24+,25+,40?/m1/s1. The summed E-state index contributed by atoms with van der Waals surface area (Å²) in [7, 11) is 0. The average Bonchev–Trinajstić information content (AvgIpc) is 3.23. The van der Waals surface area contributed by atoms with E-state index in [9.17, 15) is 30.1 Å².